The summed E-state index contributed by atoms with van der Waals surface area (Å²) in [6, 6.07) is 20.0. The molecule has 2 heterocycles. The third-order valence-corrected chi connectivity index (χ3v) is 6.67. The van der Waals surface area contributed by atoms with Crippen LogP contribution in [0.25, 0.3) is 5.69 Å². The highest BCUT2D eigenvalue weighted by Gasteiger charge is 2.28. The lowest BCUT2D eigenvalue weighted by Crippen LogP contribution is -2.46. The molecule has 168 valence electrons. The zero-order chi connectivity index (χ0) is 22.5. The molecule has 1 fully saturated rings. The fourth-order valence-corrected chi connectivity index (χ4v) is 4.86. The summed E-state index contributed by atoms with van der Waals surface area (Å²) in [4.78, 5) is 17.3. The fourth-order valence-electron chi connectivity index (χ4n) is 4.53. The van der Waals surface area contributed by atoms with Crippen LogP contribution >= 0.6 is 11.6 Å². The van der Waals surface area contributed by atoms with Crippen LogP contribution in [0.1, 0.15) is 47.8 Å². The molecule has 0 atom stereocenters. The van der Waals surface area contributed by atoms with Crippen LogP contribution in [0, 0.1) is 6.92 Å². The molecule has 1 aromatic heterocycles. The lowest BCUT2D eigenvalue weighted by molar-refractivity contribution is 0.0607. The number of benzene rings is 2. The van der Waals surface area contributed by atoms with Gasteiger partial charge in [0.15, 0.2) is 0 Å². The van der Waals surface area contributed by atoms with Gasteiger partial charge in [-0.1, -0.05) is 54.9 Å². The first kappa shape index (κ1) is 22.6. The van der Waals surface area contributed by atoms with E-state index < -0.39 is 0 Å². The Morgan fingerprint density at radius 2 is 1.69 bits per heavy atom. The largest absolute Gasteiger partial charge is 0.339 e. The number of piperidine rings is 1. The van der Waals surface area contributed by atoms with Gasteiger partial charge < -0.3 is 4.90 Å². The molecule has 0 N–H and O–H groups in total. The van der Waals surface area contributed by atoms with E-state index in [2.05, 4.69) is 11.8 Å². The van der Waals surface area contributed by atoms with E-state index in [4.69, 9.17) is 16.7 Å². The van der Waals surface area contributed by atoms with Crippen LogP contribution in [-0.4, -0.2) is 51.2 Å². The lowest BCUT2D eigenvalue weighted by atomic mass is 10.0. The second-order valence-electron chi connectivity index (χ2n) is 8.46. The number of carbonyl (C=O) groups is 1. The SMILES string of the molecule is CCCN(Cc1c(C)nn(-c2ccccc2)c1Cl)C1CCN(C(=O)c2ccccc2)CC1. The molecular weight excluding hydrogens is 420 g/mol. The molecule has 4 rings (SSSR count). The van der Waals surface area contributed by atoms with Gasteiger partial charge in [-0.3, -0.25) is 9.69 Å². The van der Waals surface area contributed by atoms with Gasteiger partial charge in [0.05, 0.1) is 11.4 Å². The van der Waals surface area contributed by atoms with E-state index >= 15 is 0 Å². The number of hydrogen-bond donors (Lipinski definition) is 0. The maximum Gasteiger partial charge on any atom is 0.253 e. The third kappa shape index (κ3) is 4.89. The summed E-state index contributed by atoms with van der Waals surface area (Å²) >= 11 is 6.80. The average Bonchev–Trinajstić information content (AvgIpc) is 3.13. The smallest absolute Gasteiger partial charge is 0.253 e. The lowest BCUT2D eigenvalue weighted by Gasteiger charge is -2.38. The number of nitrogens with zero attached hydrogens (tertiary/aromatic N) is 4. The topological polar surface area (TPSA) is 41.4 Å². The fraction of sp³-hybridized carbons (Fsp3) is 0.385. The zero-order valence-electron chi connectivity index (χ0n) is 18.9. The van der Waals surface area contributed by atoms with E-state index in [0.717, 1.165) is 67.9 Å². The first-order chi connectivity index (χ1) is 15.6. The molecule has 1 aliphatic rings. The number of amides is 1. The summed E-state index contributed by atoms with van der Waals surface area (Å²) in [5.41, 5.74) is 3.80. The monoisotopic (exact) mass is 450 g/mol. The van der Waals surface area contributed by atoms with E-state index in [9.17, 15) is 4.79 Å². The standard InChI is InChI=1S/C26H31ClN4O/c1-3-16-30(19-24-20(2)28-31(25(24)27)23-12-8-5-9-13-23)22-14-17-29(18-15-22)26(32)21-10-6-4-7-11-21/h4-13,22H,3,14-19H2,1-2H3. The second kappa shape index (κ2) is 10.3. The van der Waals surface area contributed by atoms with Crippen molar-refractivity contribution in [1.82, 2.24) is 19.6 Å². The maximum atomic E-state index is 12.8. The van der Waals surface area contributed by atoms with Crippen molar-refractivity contribution in [2.45, 2.75) is 45.7 Å². The Bertz CT molecular complexity index is 1030. The minimum absolute atomic E-state index is 0.133. The number of aromatic nitrogens is 2. The van der Waals surface area contributed by atoms with Gasteiger partial charge in [0.25, 0.3) is 5.91 Å². The minimum atomic E-state index is 0.133. The molecule has 0 saturated carbocycles. The number of rotatable bonds is 7. The highest BCUT2D eigenvalue weighted by molar-refractivity contribution is 6.30. The third-order valence-electron chi connectivity index (χ3n) is 6.28. The van der Waals surface area contributed by atoms with E-state index in [1.54, 1.807) is 0 Å². The van der Waals surface area contributed by atoms with Crippen molar-refractivity contribution >= 4 is 17.5 Å². The number of likely N-dealkylation sites (tertiary alicyclic amines) is 1. The van der Waals surface area contributed by atoms with Crippen LogP contribution in [0.3, 0.4) is 0 Å². The van der Waals surface area contributed by atoms with Crippen molar-refractivity contribution in [3.8, 4) is 5.69 Å². The van der Waals surface area contributed by atoms with Gasteiger partial charge in [0.2, 0.25) is 0 Å². The van der Waals surface area contributed by atoms with E-state index in [1.807, 2.05) is 77.2 Å². The molecule has 2 aromatic carbocycles. The molecule has 5 nitrogen and oxygen atoms in total. The summed E-state index contributed by atoms with van der Waals surface area (Å²) in [5, 5.41) is 5.40. The Labute approximate surface area is 195 Å². The van der Waals surface area contributed by atoms with Crippen molar-refractivity contribution in [3.63, 3.8) is 0 Å². The number of halogens is 1. The van der Waals surface area contributed by atoms with E-state index in [-0.39, 0.29) is 5.91 Å². The van der Waals surface area contributed by atoms with Gasteiger partial charge in [0.1, 0.15) is 5.15 Å². The van der Waals surface area contributed by atoms with Crippen molar-refractivity contribution < 1.29 is 4.79 Å². The molecule has 1 aliphatic heterocycles. The molecule has 0 radical (unpaired) electrons. The van der Waals surface area contributed by atoms with Crippen LogP contribution in [0.2, 0.25) is 5.15 Å². The number of para-hydroxylation sites is 1. The molecular formula is C26H31ClN4O. The Kier molecular flexibility index (Phi) is 7.28. The molecule has 1 amide bonds. The van der Waals surface area contributed by atoms with Crippen LogP contribution in [-0.2, 0) is 6.54 Å². The van der Waals surface area contributed by atoms with Crippen LogP contribution in [0.4, 0.5) is 0 Å². The molecule has 1 saturated heterocycles. The first-order valence-electron chi connectivity index (χ1n) is 11.5. The Morgan fingerprint density at radius 1 is 1.06 bits per heavy atom. The molecule has 0 bridgehead atoms. The summed E-state index contributed by atoms with van der Waals surface area (Å²) in [5.74, 6) is 0.133. The van der Waals surface area contributed by atoms with E-state index in [1.165, 1.54) is 0 Å². The van der Waals surface area contributed by atoms with Gasteiger partial charge in [-0.05, 0) is 57.0 Å². The predicted octanol–water partition coefficient (Wildman–Crippen LogP) is 5.35. The highest BCUT2D eigenvalue weighted by atomic mass is 35.5. The van der Waals surface area contributed by atoms with Gasteiger partial charge in [0, 0.05) is 36.8 Å². The number of carbonyl (C=O) groups excluding carboxylic acids is 1. The second-order valence-corrected chi connectivity index (χ2v) is 8.82. The van der Waals surface area contributed by atoms with Gasteiger partial charge in [-0.15, -0.1) is 0 Å². The van der Waals surface area contributed by atoms with Crippen molar-refractivity contribution in [3.05, 3.63) is 82.6 Å². The molecule has 3 aromatic rings. The van der Waals surface area contributed by atoms with Gasteiger partial charge in [-0.2, -0.15) is 5.10 Å². The number of hydrogen-bond acceptors (Lipinski definition) is 3. The Balaban J connectivity index is 1.45. The summed E-state index contributed by atoms with van der Waals surface area (Å²) in [6.45, 7) is 7.60. The molecule has 0 aliphatic carbocycles. The minimum Gasteiger partial charge on any atom is -0.339 e. The molecule has 6 heteroatoms. The van der Waals surface area contributed by atoms with Crippen LogP contribution < -0.4 is 0 Å². The molecule has 32 heavy (non-hydrogen) atoms. The van der Waals surface area contributed by atoms with Crippen LogP contribution in [0.15, 0.2) is 60.7 Å². The van der Waals surface area contributed by atoms with E-state index in [0.29, 0.717) is 11.2 Å². The van der Waals surface area contributed by atoms with Crippen LogP contribution in [0.5, 0.6) is 0 Å². The summed E-state index contributed by atoms with van der Waals surface area (Å²) in [7, 11) is 0. The van der Waals surface area contributed by atoms with Gasteiger partial charge in [-0.25, -0.2) is 4.68 Å². The first-order valence-corrected chi connectivity index (χ1v) is 11.8. The molecule has 0 spiro atoms. The Hall–Kier alpha value is -2.63. The maximum absolute atomic E-state index is 12.8. The quantitative estimate of drug-likeness (QED) is 0.487. The average molecular weight is 451 g/mol. The van der Waals surface area contributed by atoms with Crippen molar-refractivity contribution in [1.29, 1.82) is 0 Å². The zero-order valence-corrected chi connectivity index (χ0v) is 19.6. The molecule has 0 unspecified atom stereocenters. The van der Waals surface area contributed by atoms with Crippen molar-refractivity contribution in [2.75, 3.05) is 19.6 Å². The summed E-state index contributed by atoms with van der Waals surface area (Å²) in [6.07, 6.45) is 3.02. The number of aryl methyl sites for hydroxylation is 1. The summed E-state index contributed by atoms with van der Waals surface area (Å²) < 4.78 is 1.83. The normalized spacial score (nSPS) is 14.8. The highest BCUT2D eigenvalue weighted by Crippen LogP contribution is 2.27. The van der Waals surface area contributed by atoms with Crippen molar-refractivity contribution in [2.24, 2.45) is 0 Å². The Morgan fingerprint density at radius 3 is 2.31 bits per heavy atom. The predicted molar refractivity (Wildman–Crippen MR) is 129 cm³/mol. The van der Waals surface area contributed by atoms with Gasteiger partial charge >= 0.3 is 0 Å².